The van der Waals surface area contributed by atoms with Gasteiger partial charge in [-0.3, -0.25) is 0 Å². The highest BCUT2D eigenvalue weighted by Gasteiger charge is 2.40. The zero-order chi connectivity index (χ0) is 13.6. The minimum atomic E-state index is -4.73. The molecule has 0 unspecified atom stereocenters. The monoisotopic (exact) mass is 268 g/mol. The zero-order valence-corrected chi connectivity index (χ0v) is 7.35. The first-order chi connectivity index (χ1) is 6.92. The molecular weight excluding hydrogens is 262 g/mol. The van der Waals surface area contributed by atoms with Gasteiger partial charge in [0.25, 0.3) is 0 Å². The Morgan fingerprint density at radius 2 is 1.19 bits per heavy atom. The Hall–Kier alpha value is -0.700. The highest BCUT2D eigenvalue weighted by Crippen LogP contribution is 2.23. The summed E-state index contributed by atoms with van der Waals surface area (Å²) in [7, 11) is 0. The smallest absolute Gasteiger partial charge is 0.244 e. The topological polar surface area (TPSA) is 0 Å². The van der Waals surface area contributed by atoms with Gasteiger partial charge >= 0.3 is 18.5 Å². The fourth-order valence-electron chi connectivity index (χ4n) is 0.233. The van der Waals surface area contributed by atoms with Gasteiger partial charge in [0.2, 0.25) is 6.43 Å². The highest BCUT2D eigenvalue weighted by molar-refractivity contribution is 4.65. The van der Waals surface area contributed by atoms with E-state index >= 15 is 0 Å². The van der Waals surface area contributed by atoms with E-state index in [0.717, 1.165) is 0 Å². The summed E-state index contributed by atoms with van der Waals surface area (Å²) < 4.78 is 109. The Bertz CT molecular complexity index is 171. The Balaban J connectivity index is 0. The van der Waals surface area contributed by atoms with Crippen molar-refractivity contribution in [2.45, 2.75) is 31.4 Å². The first kappa shape index (κ1) is 17.7. The first-order valence-electron chi connectivity index (χ1n) is 3.49. The molecule has 16 heavy (non-hydrogen) atoms. The lowest BCUT2D eigenvalue weighted by Gasteiger charge is -2.08. The van der Waals surface area contributed by atoms with Crippen molar-refractivity contribution in [3.63, 3.8) is 0 Å². The van der Waals surface area contributed by atoms with Gasteiger partial charge in [0.05, 0.1) is 0 Å². The van der Waals surface area contributed by atoms with Crippen LogP contribution in [0.15, 0.2) is 0 Å². The molecule has 10 heteroatoms. The van der Waals surface area contributed by atoms with Crippen molar-refractivity contribution < 1.29 is 43.9 Å². The van der Waals surface area contributed by atoms with Crippen LogP contribution in [0.2, 0.25) is 0 Å². The SMILES string of the molecule is FC(F)CC(F)(F)F.FCC(F)(F)C(F)F. The van der Waals surface area contributed by atoms with Crippen molar-refractivity contribution in [3.8, 4) is 0 Å². The van der Waals surface area contributed by atoms with E-state index in [0.29, 0.717) is 0 Å². The van der Waals surface area contributed by atoms with E-state index in [1.807, 2.05) is 0 Å². The van der Waals surface area contributed by atoms with Crippen LogP contribution in [0.25, 0.3) is 0 Å². The maximum atomic E-state index is 11.2. The molecule has 0 rings (SSSR count). The summed E-state index contributed by atoms with van der Waals surface area (Å²) in [6.45, 7) is -2.30. The van der Waals surface area contributed by atoms with Crippen LogP contribution >= 0.6 is 0 Å². The molecule has 0 aliphatic rings. The summed E-state index contributed by atoms with van der Waals surface area (Å²) in [4.78, 5) is 0. The molecule has 0 aliphatic carbocycles. The largest absolute Gasteiger partial charge is 0.394 e. The Kier molecular flexibility index (Phi) is 7.51. The second kappa shape index (κ2) is 6.79. The molecule has 0 aromatic carbocycles. The maximum Gasteiger partial charge on any atom is 0.394 e. The molecule has 0 aliphatic heterocycles. The van der Waals surface area contributed by atoms with Crippen LogP contribution in [-0.2, 0) is 0 Å². The number of halogens is 10. The van der Waals surface area contributed by atoms with Crippen LogP contribution in [0.1, 0.15) is 6.42 Å². The summed E-state index contributed by atoms with van der Waals surface area (Å²) in [5, 5.41) is 0. The summed E-state index contributed by atoms with van der Waals surface area (Å²) in [6, 6.07) is 0. The van der Waals surface area contributed by atoms with Gasteiger partial charge in [-0.15, -0.1) is 0 Å². The minimum Gasteiger partial charge on any atom is -0.244 e. The van der Waals surface area contributed by atoms with Crippen LogP contribution in [0.4, 0.5) is 43.9 Å². The van der Waals surface area contributed by atoms with Gasteiger partial charge in [-0.2, -0.15) is 22.0 Å². The lowest BCUT2D eigenvalue weighted by atomic mass is 10.4. The lowest BCUT2D eigenvalue weighted by Crippen LogP contribution is -2.28. The molecule has 0 aromatic rings. The van der Waals surface area contributed by atoms with Gasteiger partial charge in [0.15, 0.2) is 6.67 Å². The molecule has 0 nitrogen and oxygen atoms in total. The fourth-order valence-corrected chi connectivity index (χ4v) is 0.233. The summed E-state index contributed by atoms with van der Waals surface area (Å²) in [5.74, 6) is -4.46. The van der Waals surface area contributed by atoms with Gasteiger partial charge in [0, 0.05) is 0 Å². The van der Waals surface area contributed by atoms with Crippen molar-refractivity contribution >= 4 is 0 Å². The third-order valence-electron chi connectivity index (χ3n) is 0.883. The van der Waals surface area contributed by atoms with Crippen LogP contribution in [0.5, 0.6) is 0 Å². The second-order valence-electron chi connectivity index (χ2n) is 2.41. The summed E-state index contributed by atoms with van der Waals surface area (Å²) in [6.07, 6.45) is -13.9. The molecule has 100 valence electrons. The molecule has 0 saturated heterocycles. The number of rotatable bonds is 3. The first-order valence-corrected chi connectivity index (χ1v) is 3.49. The summed E-state index contributed by atoms with van der Waals surface area (Å²) in [5.41, 5.74) is 0. The van der Waals surface area contributed by atoms with Crippen LogP contribution < -0.4 is 0 Å². The zero-order valence-electron chi connectivity index (χ0n) is 7.35. The predicted molar refractivity (Wildman–Crippen MR) is 33.6 cm³/mol. The van der Waals surface area contributed by atoms with Crippen molar-refractivity contribution in [3.05, 3.63) is 0 Å². The fraction of sp³-hybridized carbons (Fsp3) is 1.00. The maximum absolute atomic E-state index is 11.2. The molecule has 0 saturated carbocycles. The normalized spacial score (nSPS) is 12.8. The molecule has 0 radical (unpaired) electrons. The van der Waals surface area contributed by atoms with Crippen molar-refractivity contribution in [1.82, 2.24) is 0 Å². The van der Waals surface area contributed by atoms with Crippen LogP contribution in [0.3, 0.4) is 0 Å². The van der Waals surface area contributed by atoms with Gasteiger partial charge in [-0.1, -0.05) is 0 Å². The molecule has 0 fully saturated rings. The molecule has 0 heterocycles. The molecule has 0 atom stereocenters. The van der Waals surface area contributed by atoms with E-state index in [4.69, 9.17) is 0 Å². The number of hydrogen-bond donors (Lipinski definition) is 0. The number of hydrogen-bond acceptors (Lipinski definition) is 0. The Morgan fingerprint density at radius 3 is 1.19 bits per heavy atom. The number of alkyl halides is 10. The van der Waals surface area contributed by atoms with E-state index in [1.54, 1.807) is 0 Å². The quantitative estimate of drug-likeness (QED) is 0.677. The van der Waals surface area contributed by atoms with E-state index in [1.165, 1.54) is 0 Å². The third-order valence-corrected chi connectivity index (χ3v) is 0.883. The van der Waals surface area contributed by atoms with E-state index in [2.05, 4.69) is 0 Å². The molecule has 0 N–H and O–H groups in total. The average molecular weight is 268 g/mol. The molecule has 0 spiro atoms. The van der Waals surface area contributed by atoms with Gasteiger partial charge in [0.1, 0.15) is 6.42 Å². The van der Waals surface area contributed by atoms with Crippen molar-refractivity contribution in [2.75, 3.05) is 6.67 Å². The standard InChI is InChI=1S/2C3H3F5/c4-1-3(7,8)2(5)6;4-2(5)1-3(6,7)8/h2*2H,1H2. The van der Waals surface area contributed by atoms with Gasteiger partial charge in [-0.05, 0) is 0 Å². The second-order valence-corrected chi connectivity index (χ2v) is 2.41. The van der Waals surface area contributed by atoms with Gasteiger partial charge < -0.3 is 0 Å². The van der Waals surface area contributed by atoms with E-state index < -0.39 is 38.0 Å². The van der Waals surface area contributed by atoms with Crippen molar-refractivity contribution in [1.29, 1.82) is 0 Å². The highest BCUT2D eigenvalue weighted by atomic mass is 19.4. The lowest BCUT2D eigenvalue weighted by molar-refractivity contribution is -0.158. The molecule has 0 amide bonds. The molecular formula is C6H6F10. The molecule has 0 aromatic heterocycles. The molecule has 0 bridgehead atoms. The van der Waals surface area contributed by atoms with Crippen LogP contribution in [0, 0.1) is 0 Å². The van der Waals surface area contributed by atoms with E-state index in [9.17, 15) is 43.9 Å². The minimum absolute atomic E-state index is 2.01. The Labute approximate surface area is 83.2 Å². The van der Waals surface area contributed by atoms with Crippen molar-refractivity contribution in [2.24, 2.45) is 0 Å². The predicted octanol–water partition coefficient (Wildman–Crippen LogP) is 4.06. The third kappa shape index (κ3) is 11.4. The van der Waals surface area contributed by atoms with E-state index in [-0.39, 0.29) is 0 Å². The van der Waals surface area contributed by atoms with Crippen LogP contribution in [-0.4, -0.2) is 31.6 Å². The average Bonchev–Trinajstić information content (AvgIpc) is 2.00. The Morgan fingerprint density at radius 1 is 0.812 bits per heavy atom. The van der Waals surface area contributed by atoms with Gasteiger partial charge in [-0.25, -0.2) is 22.0 Å². The summed E-state index contributed by atoms with van der Waals surface area (Å²) >= 11 is 0.